The van der Waals surface area contributed by atoms with Gasteiger partial charge in [0.25, 0.3) is 0 Å². The van der Waals surface area contributed by atoms with Gasteiger partial charge in [-0.3, -0.25) is 4.90 Å². The van der Waals surface area contributed by atoms with Gasteiger partial charge in [-0.25, -0.2) is 4.79 Å². The summed E-state index contributed by atoms with van der Waals surface area (Å²) in [5.74, 6) is 1.91. The zero-order valence-electron chi connectivity index (χ0n) is 16.3. The first-order valence-electron chi connectivity index (χ1n) is 9.38. The predicted molar refractivity (Wildman–Crippen MR) is 109 cm³/mol. The first-order chi connectivity index (χ1) is 12.9. The summed E-state index contributed by atoms with van der Waals surface area (Å²) in [6.45, 7) is 9.93. The lowest BCUT2D eigenvalue weighted by Crippen LogP contribution is -2.50. The number of hydrogen-bond acceptors (Lipinski definition) is 5. The monoisotopic (exact) mass is 388 g/mol. The van der Waals surface area contributed by atoms with E-state index in [9.17, 15) is 4.79 Å². The van der Waals surface area contributed by atoms with E-state index in [-0.39, 0.29) is 6.09 Å². The zero-order chi connectivity index (χ0) is 19.3. The van der Waals surface area contributed by atoms with Gasteiger partial charge in [0, 0.05) is 48.9 Å². The van der Waals surface area contributed by atoms with Crippen LogP contribution in [0.2, 0.25) is 0 Å². The van der Waals surface area contributed by atoms with E-state index >= 15 is 0 Å². The van der Waals surface area contributed by atoms with Crippen LogP contribution in [0.25, 0.3) is 11.3 Å². The van der Waals surface area contributed by atoms with Crippen molar-refractivity contribution in [2.75, 3.05) is 38.5 Å². The fourth-order valence-corrected chi connectivity index (χ4v) is 4.06. The number of benzene rings is 1. The Hall–Kier alpha value is -1.92. The van der Waals surface area contributed by atoms with E-state index in [0.717, 1.165) is 49.8 Å². The lowest BCUT2D eigenvalue weighted by atomic mass is 10.2. The lowest BCUT2D eigenvalue weighted by Gasteiger charge is -2.35. The molecule has 1 aromatic heterocycles. The first-order valence-corrected chi connectivity index (χ1v) is 10.4. The van der Waals surface area contributed by atoms with E-state index in [1.54, 1.807) is 11.2 Å². The maximum absolute atomic E-state index is 12.1. The molecule has 0 aliphatic carbocycles. The molecule has 0 N–H and O–H groups in total. The van der Waals surface area contributed by atoms with Crippen LogP contribution in [0.4, 0.5) is 4.79 Å². The number of ether oxygens (including phenoxy) is 1. The van der Waals surface area contributed by atoms with Crippen LogP contribution >= 0.6 is 11.8 Å². The number of carbonyl (C=O) groups is 1. The van der Waals surface area contributed by atoms with E-state index in [1.807, 2.05) is 50.7 Å². The van der Waals surface area contributed by atoms with Crippen molar-refractivity contribution >= 4 is 17.9 Å². The predicted octanol–water partition coefficient (Wildman–Crippen LogP) is 4.59. The second kappa shape index (κ2) is 8.85. The van der Waals surface area contributed by atoms with Crippen LogP contribution in [0.5, 0.6) is 0 Å². The molecular weight excluding hydrogens is 360 g/mol. The van der Waals surface area contributed by atoms with Crippen molar-refractivity contribution in [1.82, 2.24) is 9.80 Å². The van der Waals surface area contributed by atoms with Gasteiger partial charge in [0.15, 0.2) is 0 Å². The van der Waals surface area contributed by atoms with Crippen molar-refractivity contribution in [3.63, 3.8) is 0 Å². The number of rotatable bonds is 5. The molecule has 2 heterocycles. The van der Waals surface area contributed by atoms with Gasteiger partial charge in [-0.1, -0.05) is 18.2 Å². The number of thioether (sulfide) groups is 1. The maximum atomic E-state index is 12.1. The summed E-state index contributed by atoms with van der Waals surface area (Å²) in [5.41, 5.74) is 0.703. The van der Waals surface area contributed by atoms with Gasteiger partial charge < -0.3 is 14.1 Å². The number of amides is 1. The van der Waals surface area contributed by atoms with Gasteiger partial charge in [0.1, 0.15) is 11.4 Å². The minimum atomic E-state index is -0.438. The van der Waals surface area contributed by atoms with Crippen LogP contribution < -0.4 is 0 Å². The number of nitrogens with zero attached hydrogens (tertiary/aromatic N) is 2. The average Bonchev–Trinajstić information content (AvgIpc) is 3.16. The van der Waals surface area contributed by atoms with Crippen molar-refractivity contribution in [2.45, 2.75) is 31.3 Å². The van der Waals surface area contributed by atoms with E-state index in [4.69, 9.17) is 9.15 Å². The minimum absolute atomic E-state index is 0.205. The molecule has 1 saturated heterocycles. The Bertz CT molecular complexity index is 732. The molecule has 0 saturated carbocycles. The Kier molecular flexibility index (Phi) is 6.50. The highest BCUT2D eigenvalue weighted by Crippen LogP contribution is 2.31. The fourth-order valence-electron chi connectivity index (χ4n) is 2.99. The number of carbonyl (C=O) groups excluding carboxylic acids is 1. The Labute approximate surface area is 165 Å². The quantitative estimate of drug-likeness (QED) is 0.701. The molecule has 146 valence electrons. The summed E-state index contributed by atoms with van der Waals surface area (Å²) >= 11 is 1.85. The van der Waals surface area contributed by atoms with Crippen LogP contribution in [-0.4, -0.2) is 60.0 Å². The maximum Gasteiger partial charge on any atom is 0.410 e. The molecule has 0 unspecified atom stereocenters. The molecule has 1 aliphatic rings. The lowest BCUT2D eigenvalue weighted by molar-refractivity contribution is 0.0150. The summed E-state index contributed by atoms with van der Waals surface area (Å²) < 4.78 is 11.0. The Morgan fingerprint density at radius 3 is 2.52 bits per heavy atom. The normalized spacial score (nSPS) is 15.7. The van der Waals surface area contributed by atoms with Crippen molar-refractivity contribution in [2.24, 2.45) is 0 Å². The van der Waals surface area contributed by atoms with E-state index < -0.39 is 5.60 Å². The van der Waals surface area contributed by atoms with Gasteiger partial charge >= 0.3 is 6.09 Å². The molecular formula is C21H28N2O3S. The summed E-state index contributed by atoms with van der Waals surface area (Å²) in [6, 6.07) is 12.3. The molecule has 0 spiro atoms. The highest BCUT2D eigenvalue weighted by atomic mass is 32.2. The highest BCUT2D eigenvalue weighted by molar-refractivity contribution is 7.99. The van der Waals surface area contributed by atoms with Crippen molar-refractivity contribution in [3.05, 3.63) is 42.7 Å². The Morgan fingerprint density at radius 2 is 1.85 bits per heavy atom. The van der Waals surface area contributed by atoms with Gasteiger partial charge in [-0.15, -0.1) is 11.8 Å². The van der Waals surface area contributed by atoms with Crippen LogP contribution in [-0.2, 0) is 4.74 Å². The molecule has 0 bridgehead atoms. The van der Waals surface area contributed by atoms with Crippen LogP contribution in [0.15, 0.2) is 52.0 Å². The summed E-state index contributed by atoms with van der Waals surface area (Å²) in [4.78, 5) is 17.6. The summed E-state index contributed by atoms with van der Waals surface area (Å²) in [7, 11) is 0. The molecule has 2 aromatic rings. The molecule has 6 heteroatoms. The number of piperazine rings is 1. The fraction of sp³-hybridized carbons (Fsp3) is 0.476. The SMILES string of the molecule is CC(C)(C)OC(=O)N1CCN(CCSc2ccccc2-c2ccco2)CC1. The largest absolute Gasteiger partial charge is 0.464 e. The van der Waals surface area contributed by atoms with E-state index in [0.29, 0.717) is 0 Å². The summed E-state index contributed by atoms with van der Waals surface area (Å²) in [5, 5.41) is 0. The second-order valence-corrected chi connectivity index (χ2v) is 8.77. The third kappa shape index (κ3) is 5.78. The number of furan rings is 1. The molecule has 1 aliphatic heterocycles. The molecule has 5 nitrogen and oxygen atoms in total. The van der Waals surface area contributed by atoms with Crippen molar-refractivity contribution in [3.8, 4) is 11.3 Å². The van der Waals surface area contributed by atoms with E-state index in [1.165, 1.54) is 4.90 Å². The first kappa shape index (κ1) is 19.8. The third-order valence-electron chi connectivity index (χ3n) is 4.36. The summed E-state index contributed by atoms with van der Waals surface area (Å²) in [6.07, 6.45) is 1.50. The van der Waals surface area contributed by atoms with Gasteiger partial charge in [-0.05, 0) is 39.0 Å². The third-order valence-corrected chi connectivity index (χ3v) is 5.42. The van der Waals surface area contributed by atoms with Gasteiger partial charge in [-0.2, -0.15) is 0 Å². The molecule has 1 aromatic carbocycles. The smallest absolute Gasteiger partial charge is 0.410 e. The molecule has 27 heavy (non-hydrogen) atoms. The highest BCUT2D eigenvalue weighted by Gasteiger charge is 2.25. The molecule has 0 atom stereocenters. The second-order valence-electron chi connectivity index (χ2n) is 7.63. The van der Waals surface area contributed by atoms with Crippen molar-refractivity contribution < 1.29 is 13.9 Å². The van der Waals surface area contributed by atoms with Crippen LogP contribution in [0.1, 0.15) is 20.8 Å². The topological polar surface area (TPSA) is 45.9 Å². The van der Waals surface area contributed by atoms with Crippen molar-refractivity contribution in [1.29, 1.82) is 0 Å². The Balaban J connectivity index is 1.45. The van der Waals surface area contributed by atoms with Crippen LogP contribution in [0, 0.1) is 0 Å². The molecule has 0 radical (unpaired) electrons. The van der Waals surface area contributed by atoms with E-state index in [2.05, 4.69) is 23.1 Å². The Morgan fingerprint density at radius 1 is 1.11 bits per heavy atom. The van der Waals surface area contributed by atoms with Gasteiger partial charge in [0.05, 0.1) is 6.26 Å². The average molecular weight is 389 g/mol. The molecule has 3 rings (SSSR count). The molecule has 1 amide bonds. The number of hydrogen-bond donors (Lipinski definition) is 0. The van der Waals surface area contributed by atoms with Gasteiger partial charge in [0.2, 0.25) is 0 Å². The zero-order valence-corrected chi connectivity index (χ0v) is 17.1. The standard InChI is InChI=1S/C21H28N2O3S/c1-21(2,3)26-20(24)23-12-10-22(11-13-23)14-16-27-19-9-5-4-7-17(19)18-8-6-15-25-18/h4-9,15H,10-14,16H2,1-3H3. The minimum Gasteiger partial charge on any atom is -0.464 e. The molecule has 1 fully saturated rings. The van der Waals surface area contributed by atoms with Crippen LogP contribution in [0.3, 0.4) is 0 Å².